The maximum Gasteiger partial charge on any atom is 0.378 e. The second-order valence-electron chi connectivity index (χ2n) is 6.77. The summed E-state index contributed by atoms with van der Waals surface area (Å²) in [5.74, 6) is -1.76. The zero-order valence-electron chi connectivity index (χ0n) is 18.4. The molecule has 0 fully saturated rings. The Morgan fingerprint density at radius 2 is 1.24 bits per heavy atom. The molecule has 0 aliphatic heterocycles. The van der Waals surface area contributed by atoms with Crippen LogP contribution in [-0.2, 0) is 4.74 Å². The number of carbonyl (C=O) groups is 2. The Balaban J connectivity index is 0.000000192. The predicted molar refractivity (Wildman–Crippen MR) is 115 cm³/mol. The lowest BCUT2D eigenvalue weighted by Crippen LogP contribution is -2.07. The van der Waals surface area contributed by atoms with E-state index in [-0.39, 0.29) is 29.9 Å². The molecule has 2 aromatic carbocycles. The van der Waals surface area contributed by atoms with Crippen molar-refractivity contribution in [3.8, 4) is 11.4 Å². The van der Waals surface area contributed by atoms with E-state index in [0.29, 0.717) is 23.0 Å². The highest BCUT2D eigenvalue weighted by atomic mass is 19.1. The number of benzene rings is 2. The summed E-state index contributed by atoms with van der Waals surface area (Å²) in [5.41, 5.74) is 1.20. The van der Waals surface area contributed by atoms with Crippen LogP contribution >= 0.6 is 0 Å². The standard InChI is InChI=1S/C12H12FN3O2.C10H8FN3O2/c1-3-18-12(17)11-14-8(2)16(15-11)10-6-4-9(13)5-7-10;1-6-12-9(10(15)16)13-14(6)8-4-2-7(11)3-5-8/h4-7H,3H2,1-2H3;2-5H,1H3,(H,15,16). The van der Waals surface area contributed by atoms with Gasteiger partial charge in [-0.05, 0) is 69.3 Å². The van der Waals surface area contributed by atoms with Gasteiger partial charge in [0.1, 0.15) is 23.3 Å². The fraction of sp³-hybridized carbons (Fsp3) is 0.182. The lowest BCUT2D eigenvalue weighted by molar-refractivity contribution is 0.0511. The highest BCUT2D eigenvalue weighted by Gasteiger charge is 2.16. The van der Waals surface area contributed by atoms with Gasteiger partial charge in [0.2, 0.25) is 0 Å². The van der Waals surface area contributed by atoms with Crippen molar-refractivity contribution < 1.29 is 28.2 Å². The first kappa shape index (κ1) is 24.2. The third-order valence-corrected chi connectivity index (χ3v) is 4.33. The number of esters is 1. The quantitative estimate of drug-likeness (QED) is 0.441. The molecule has 0 saturated heterocycles. The first-order chi connectivity index (χ1) is 16.2. The van der Waals surface area contributed by atoms with Gasteiger partial charge in [-0.2, -0.15) is 0 Å². The van der Waals surface area contributed by atoms with Gasteiger partial charge in [-0.3, -0.25) is 0 Å². The summed E-state index contributed by atoms with van der Waals surface area (Å²) in [7, 11) is 0. The van der Waals surface area contributed by atoms with Gasteiger partial charge in [0.15, 0.2) is 0 Å². The topological polar surface area (TPSA) is 125 Å². The number of aromatic carboxylic acids is 1. The van der Waals surface area contributed by atoms with Crippen molar-refractivity contribution in [3.05, 3.63) is 83.5 Å². The van der Waals surface area contributed by atoms with Gasteiger partial charge >= 0.3 is 11.9 Å². The van der Waals surface area contributed by atoms with Crippen LogP contribution in [0.3, 0.4) is 0 Å². The molecular formula is C22H20F2N6O4. The van der Waals surface area contributed by atoms with Crippen LogP contribution in [0.15, 0.2) is 48.5 Å². The monoisotopic (exact) mass is 470 g/mol. The summed E-state index contributed by atoms with van der Waals surface area (Å²) in [6, 6.07) is 11.3. The molecule has 0 unspecified atom stereocenters. The van der Waals surface area contributed by atoms with Crippen molar-refractivity contribution in [1.82, 2.24) is 29.5 Å². The van der Waals surface area contributed by atoms with Crippen molar-refractivity contribution in [1.29, 1.82) is 0 Å². The summed E-state index contributed by atoms with van der Waals surface area (Å²) >= 11 is 0. The van der Waals surface area contributed by atoms with Crippen molar-refractivity contribution in [2.75, 3.05) is 6.61 Å². The zero-order chi connectivity index (χ0) is 24.8. The Bertz CT molecular complexity index is 1300. The van der Waals surface area contributed by atoms with Crippen LogP contribution in [0.1, 0.15) is 39.8 Å². The van der Waals surface area contributed by atoms with E-state index in [4.69, 9.17) is 9.84 Å². The normalized spacial score (nSPS) is 10.4. The molecular weight excluding hydrogens is 450 g/mol. The van der Waals surface area contributed by atoms with Crippen molar-refractivity contribution in [2.45, 2.75) is 20.8 Å². The van der Waals surface area contributed by atoms with Gasteiger partial charge in [0, 0.05) is 0 Å². The van der Waals surface area contributed by atoms with Gasteiger partial charge in [0.25, 0.3) is 11.6 Å². The summed E-state index contributed by atoms with van der Waals surface area (Å²) in [6.07, 6.45) is 0. The van der Waals surface area contributed by atoms with Crippen LogP contribution in [0.5, 0.6) is 0 Å². The number of nitrogens with zero attached hydrogens (tertiary/aromatic N) is 6. The van der Waals surface area contributed by atoms with Crippen LogP contribution < -0.4 is 0 Å². The van der Waals surface area contributed by atoms with E-state index >= 15 is 0 Å². The molecule has 2 heterocycles. The highest BCUT2D eigenvalue weighted by Crippen LogP contribution is 2.12. The molecule has 0 aliphatic carbocycles. The van der Waals surface area contributed by atoms with Crippen LogP contribution in [-0.4, -0.2) is 53.2 Å². The summed E-state index contributed by atoms with van der Waals surface area (Å²) in [4.78, 5) is 29.9. The zero-order valence-corrected chi connectivity index (χ0v) is 18.4. The van der Waals surface area contributed by atoms with E-state index in [9.17, 15) is 18.4 Å². The molecule has 0 amide bonds. The number of rotatable bonds is 5. The van der Waals surface area contributed by atoms with Gasteiger partial charge in [-0.25, -0.2) is 37.7 Å². The number of carbonyl (C=O) groups excluding carboxylic acids is 1. The molecule has 0 atom stereocenters. The van der Waals surface area contributed by atoms with E-state index in [1.165, 1.54) is 45.8 Å². The number of hydrogen-bond donors (Lipinski definition) is 1. The molecule has 176 valence electrons. The van der Waals surface area contributed by atoms with E-state index < -0.39 is 11.9 Å². The Hall–Kier alpha value is -4.48. The third kappa shape index (κ3) is 5.65. The maximum absolute atomic E-state index is 12.8. The van der Waals surface area contributed by atoms with Crippen LogP contribution in [0, 0.1) is 25.5 Å². The Labute approximate surface area is 192 Å². The number of aromatic nitrogens is 6. The Kier molecular flexibility index (Phi) is 7.41. The molecule has 4 rings (SSSR count). The molecule has 2 aromatic heterocycles. The van der Waals surface area contributed by atoms with Gasteiger partial charge in [-0.1, -0.05) is 0 Å². The van der Waals surface area contributed by atoms with Gasteiger partial charge in [0.05, 0.1) is 18.0 Å². The Morgan fingerprint density at radius 1 is 0.824 bits per heavy atom. The molecule has 0 radical (unpaired) electrons. The van der Waals surface area contributed by atoms with Crippen LogP contribution in [0.4, 0.5) is 8.78 Å². The Morgan fingerprint density at radius 3 is 1.62 bits per heavy atom. The smallest absolute Gasteiger partial charge is 0.378 e. The molecule has 0 aliphatic rings. The molecule has 0 bridgehead atoms. The number of ether oxygens (including phenoxy) is 1. The number of aryl methyl sites for hydroxylation is 2. The molecule has 34 heavy (non-hydrogen) atoms. The predicted octanol–water partition coefficient (Wildman–Crippen LogP) is 3.30. The fourth-order valence-electron chi connectivity index (χ4n) is 2.81. The number of carboxylic acid groups (broad SMARTS) is 1. The van der Waals surface area contributed by atoms with E-state index in [0.717, 1.165) is 0 Å². The minimum atomic E-state index is -1.19. The molecule has 4 aromatic rings. The second-order valence-corrected chi connectivity index (χ2v) is 6.77. The molecule has 0 saturated carbocycles. The largest absolute Gasteiger partial charge is 0.475 e. The minimum absolute atomic E-state index is 0.00123. The number of carboxylic acids is 1. The van der Waals surface area contributed by atoms with E-state index in [1.807, 2.05) is 0 Å². The van der Waals surface area contributed by atoms with Crippen LogP contribution in [0.25, 0.3) is 11.4 Å². The average molecular weight is 470 g/mol. The van der Waals surface area contributed by atoms with Gasteiger partial charge in [-0.15, -0.1) is 10.2 Å². The lowest BCUT2D eigenvalue weighted by Gasteiger charge is -2.01. The first-order valence-electron chi connectivity index (χ1n) is 9.99. The van der Waals surface area contributed by atoms with Crippen molar-refractivity contribution >= 4 is 11.9 Å². The first-order valence-corrected chi connectivity index (χ1v) is 9.99. The molecule has 0 spiro atoms. The summed E-state index contributed by atoms with van der Waals surface area (Å²) in [6.45, 7) is 5.31. The highest BCUT2D eigenvalue weighted by molar-refractivity contribution is 5.85. The molecule has 10 nitrogen and oxygen atoms in total. The average Bonchev–Trinajstić information content (AvgIpc) is 3.39. The van der Waals surface area contributed by atoms with E-state index in [1.54, 1.807) is 32.9 Å². The SMILES string of the molecule is CCOC(=O)c1nc(C)n(-c2ccc(F)cc2)n1.Cc1nc(C(=O)O)nn1-c1ccc(F)cc1. The van der Waals surface area contributed by atoms with Crippen LogP contribution in [0.2, 0.25) is 0 Å². The van der Waals surface area contributed by atoms with Crippen molar-refractivity contribution in [2.24, 2.45) is 0 Å². The summed E-state index contributed by atoms with van der Waals surface area (Å²) in [5, 5.41) is 16.5. The third-order valence-electron chi connectivity index (χ3n) is 4.33. The number of hydrogen-bond acceptors (Lipinski definition) is 7. The molecule has 12 heteroatoms. The number of halogens is 2. The summed E-state index contributed by atoms with van der Waals surface area (Å²) < 4.78 is 33.1. The van der Waals surface area contributed by atoms with Gasteiger partial charge < -0.3 is 9.84 Å². The minimum Gasteiger partial charge on any atom is -0.475 e. The second kappa shape index (κ2) is 10.4. The van der Waals surface area contributed by atoms with Crippen molar-refractivity contribution in [3.63, 3.8) is 0 Å². The van der Waals surface area contributed by atoms with E-state index in [2.05, 4.69) is 20.2 Å². The molecule has 1 N–H and O–H groups in total. The lowest BCUT2D eigenvalue weighted by atomic mass is 10.3. The maximum atomic E-state index is 12.8. The fourth-order valence-corrected chi connectivity index (χ4v) is 2.81.